The Morgan fingerprint density at radius 2 is 1.60 bits per heavy atom. The molecule has 0 fully saturated rings. The summed E-state index contributed by atoms with van der Waals surface area (Å²) in [5, 5.41) is 4.24. The van der Waals surface area contributed by atoms with E-state index in [1.807, 2.05) is 30.5 Å². The molecule has 1 N–H and O–H groups in total. The standard InChI is InChI=1S/C22H21ClN2O5/c1-5-25-18-7-6-15(23)11-17(18)12(2)19(25)20(26)24-16-9-13(21(27)29-3)8-14(10-16)22(28)30-4/h6-11H,5H2,1-4H3,(H,24,26). The summed E-state index contributed by atoms with van der Waals surface area (Å²) in [6, 6.07) is 9.71. The summed E-state index contributed by atoms with van der Waals surface area (Å²) in [4.78, 5) is 37.1. The zero-order valence-electron chi connectivity index (χ0n) is 17.0. The summed E-state index contributed by atoms with van der Waals surface area (Å²) in [6.07, 6.45) is 0. The summed E-state index contributed by atoms with van der Waals surface area (Å²) >= 11 is 6.13. The van der Waals surface area contributed by atoms with E-state index in [1.54, 1.807) is 6.07 Å². The average Bonchev–Trinajstić information content (AvgIpc) is 3.03. The number of aromatic nitrogens is 1. The number of ether oxygens (including phenoxy) is 2. The minimum absolute atomic E-state index is 0.121. The Bertz CT molecular complexity index is 1130. The van der Waals surface area contributed by atoms with Crippen LogP contribution in [0, 0.1) is 6.92 Å². The molecule has 3 rings (SSSR count). The first-order valence-corrected chi connectivity index (χ1v) is 9.59. The molecule has 1 amide bonds. The van der Waals surface area contributed by atoms with Crippen LogP contribution in [0.15, 0.2) is 36.4 Å². The van der Waals surface area contributed by atoms with E-state index in [2.05, 4.69) is 5.32 Å². The van der Waals surface area contributed by atoms with Gasteiger partial charge in [0.1, 0.15) is 5.69 Å². The third-order valence-corrected chi connectivity index (χ3v) is 5.08. The van der Waals surface area contributed by atoms with Crippen LogP contribution < -0.4 is 5.32 Å². The van der Waals surface area contributed by atoms with E-state index in [0.29, 0.717) is 17.3 Å². The smallest absolute Gasteiger partial charge is 0.337 e. The maximum atomic E-state index is 13.2. The fourth-order valence-corrected chi connectivity index (χ4v) is 3.65. The Kier molecular flexibility index (Phi) is 6.12. The minimum Gasteiger partial charge on any atom is -0.465 e. The van der Waals surface area contributed by atoms with Gasteiger partial charge < -0.3 is 19.4 Å². The molecule has 0 atom stereocenters. The molecule has 1 aromatic heterocycles. The maximum absolute atomic E-state index is 13.2. The number of amides is 1. The molecule has 0 aliphatic rings. The third kappa shape index (κ3) is 3.89. The van der Waals surface area contributed by atoms with Gasteiger partial charge in [0.05, 0.1) is 25.3 Å². The number of benzene rings is 2. The number of esters is 2. The van der Waals surface area contributed by atoms with Crippen LogP contribution in [0.2, 0.25) is 5.02 Å². The second kappa shape index (κ2) is 8.59. The molecule has 1 heterocycles. The van der Waals surface area contributed by atoms with Crippen LogP contribution in [0.1, 0.15) is 43.7 Å². The van der Waals surface area contributed by atoms with E-state index < -0.39 is 11.9 Å². The van der Waals surface area contributed by atoms with E-state index in [-0.39, 0.29) is 22.7 Å². The number of hydrogen-bond donors (Lipinski definition) is 1. The summed E-state index contributed by atoms with van der Waals surface area (Å²) in [5.74, 6) is -1.64. The van der Waals surface area contributed by atoms with Crippen molar-refractivity contribution in [1.29, 1.82) is 0 Å². The first kappa shape index (κ1) is 21.4. The number of halogens is 1. The average molecular weight is 429 g/mol. The van der Waals surface area contributed by atoms with Crippen molar-refractivity contribution >= 4 is 46.0 Å². The molecule has 156 valence electrons. The Morgan fingerprint density at radius 1 is 1.00 bits per heavy atom. The van der Waals surface area contributed by atoms with Crippen LogP contribution in [-0.2, 0) is 16.0 Å². The van der Waals surface area contributed by atoms with Crippen molar-refractivity contribution in [1.82, 2.24) is 4.57 Å². The Hall–Kier alpha value is -3.32. The van der Waals surface area contributed by atoms with Crippen molar-refractivity contribution in [3.8, 4) is 0 Å². The van der Waals surface area contributed by atoms with E-state index in [4.69, 9.17) is 21.1 Å². The number of carbonyl (C=O) groups is 3. The van der Waals surface area contributed by atoms with Crippen molar-refractivity contribution in [3.05, 3.63) is 63.8 Å². The van der Waals surface area contributed by atoms with Crippen LogP contribution >= 0.6 is 11.6 Å². The first-order valence-electron chi connectivity index (χ1n) is 9.22. The first-order chi connectivity index (χ1) is 14.3. The van der Waals surface area contributed by atoms with Crippen LogP contribution in [0.4, 0.5) is 5.69 Å². The lowest BCUT2D eigenvalue weighted by Crippen LogP contribution is -2.19. The predicted molar refractivity (Wildman–Crippen MR) is 114 cm³/mol. The number of carbonyl (C=O) groups excluding carboxylic acids is 3. The van der Waals surface area contributed by atoms with Crippen molar-refractivity contribution in [3.63, 3.8) is 0 Å². The molecule has 30 heavy (non-hydrogen) atoms. The second-order valence-electron chi connectivity index (χ2n) is 6.62. The molecule has 0 unspecified atom stereocenters. The zero-order valence-corrected chi connectivity index (χ0v) is 17.8. The topological polar surface area (TPSA) is 86.6 Å². The molecule has 0 spiro atoms. The van der Waals surface area contributed by atoms with Crippen molar-refractivity contribution in [2.24, 2.45) is 0 Å². The number of fused-ring (bicyclic) bond motifs is 1. The molecule has 3 aromatic rings. The normalized spacial score (nSPS) is 10.7. The van der Waals surface area contributed by atoms with E-state index in [9.17, 15) is 14.4 Å². The van der Waals surface area contributed by atoms with Gasteiger partial charge in [-0.2, -0.15) is 0 Å². The Morgan fingerprint density at radius 3 is 2.13 bits per heavy atom. The number of hydrogen-bond acceptors (Lipinski definition) is 5. The van der Waals surface area contributed by atoms with Gasteiger partial charge in [0.15, 0.2) is 0 Å². The van der Waals surface area contributed by atoms with E-state index in [1.165, 1.54) is 32.4 Å². The number of rotatable bonds is 5. The number of anilines is 1. The fourth-order valence-electron chi connectivity index (χ4n) is 3.48. The van der Waals surface area contributed by atoms with Gasteiger partial charge >= 0.3 is 11.9 Å². The third-order valence-electron chi connectivity index (χ3n) is 4.84. The minimum atomic E-state index is -0.634. The lowest BCUT2D eigenvalue weighted by molar-refractivity contribution is 0.0599. The fraction of sp³-hybridized carbons (Fsp3) is 0.227. The Labute approximate surface area is 178 Å². The monoisotopic (exact) mass is 428 g/mol. The van der Waals surface area contributed by atoms with Crippen LogP contribution in [-0.4, -0.2) is 36.6 Å². The summed E-state index contributed by atoms with van der Waals surface area (Å²) in [5.41, 5.74) is 2.66. The highest BCUT2D eigenvalue weighted by atomic mass is 35.5. The number of methoxy groups -OCH3 is 2. The molecule has 0 radical (unpaired) electrons. The van der Waals surface area contributed by atoms with Gasteiger partial charge in [-0.05, 0) is 55.8 Å². The Balaban J connectivity index is 2.07. The maximum Gasteiger partial charge on any atom is 0.337 e. The zero-order chi connectivity index (χ0) is 22.0. The highest BCUT2D eigenvalue weighted by molar-refractivity contribution is 6.31. The van der Waals surface area contributed by atoms with Crippen molar-refractivity contribution in [2.75, 3.05) is 19.5 Å². The molecular weight excluding hydrogens is 408 g/mol. The van der Waals surface area contributed by atoms with Gasteiger partial charge in [0.25, 0.3) is 5.91 Å². The largest absolute Gasteiger partial charge is 0.465 e. The predicted octanol–water partition coefficient (Wildman–Crippen LogP) is 4.45. The quantitative estimate of drug-likeness (QED) is 0.607. The summed E-state index contributed by atoms with van der Waals surface area (Å²) in [7, 11) is 2.47. The highest BCUT2D eigenvalue weighted by Crippen LogP contribution is 2.29. The van der Waals surface area contributed by atoms with E-state index >= 15 is 0 Å². The molecule has 8 heteroatoms. The van der Waals surface area contributed by atoms with Gasteiger partial charge in [-0.3, -0.25) is 4.79 Å². The van der Waals surface area contributed by atoms with Crippen LogP contribution in [0.3, 0.4) is 0 Å². The highest BCUT2D eigenvalue weighted by Gasteiger charge is 2.21. The molecule has 2 aromatic carbocycles. The van der Waals surface area contributed by atoms with Crippen molar-refractivity contribution in [2.45, 2.75) is 20.4 Å². The van der Waals surface area contributed by atoms with Gasteiger partial charge in [-0.25, -0.2) is 9.59 Å². The number of nitrogens with zero attached hydrogens (tertiary/aromatic N) is 1. The number of nitrogens with one attached hydrogen (secondary N) is 1. The molecule has 0 saturated carbocycles. The molecule has 0 aliphatic heterocycles. The summed E-state index contributed by atoms with van der Waals surface area (Å²) in [6.45, 7) is 4.37. The van der Waals surface area contributed by atoms with Gasteiger partial charge in [-0.1, -0.05) is 11.6 Å². The van der Waals surface area contributed by atoms with Gasteiger partial charge in [0.2, 0.25) is 0 Å². The second-order valence-corrected chi connectivity index (χ2v) is 7.05. The van der Waals surface area contributed by atoms with Gasteiger partial charge in [0, 0.05) is 28.2 Å². The molecule has 0 bridgehead atoms. The summed E-state index contributed by atoms with van der Waals surface area (Å²) < 4.78 is 11.4. The molecule has 0 saturated heterocycles. The molecule has 0 aliphatic carbocycles. The molecule has 7 nitrogen and oxygen atoms in total. The van der Waals surface area contributed by atoms with Crippen LogP contribution in [0.25, 0.3) is 10.9 Å². The van der Waals surface area contributed by atoms with Crippen LogP contribution in [0.5, 0.6) is 0 Å². The lowest BCUT2D eigenvalue weighted by Gasteiger charge is -2.12. The lowest BCUT2D eigenvalue weighted by atomic mass is 10.1. The molecular formula is C22H21ClN2O5. The van der Waals surface area contributed by atoms with Crippen molar-refractivity contribution < 1.29 is 23.9 Å². The SMILES string of the molecule is CCn1c(C(=O)Nc2cc(C(=O)OC)cc(C(=O)OC)c2)c(C)c2cc(Cl)ccc21. The number of aryl methyl sites for hydroxylation is 2. The van der Waals surface area contributed by atoms with Gasteiger partial charge in [-0.15, -0.1) is 0 Å². The van der Waals surface area contributed by atoms with E-state index in [0.717, 1.165) is 16.5 Å².